The Hall–Kier alpha value is -3.26. The van der Waals surface area contributed by atoms with Gasteiger partial charge in [-0.3, -0.25) is 9.59 Å². The van der Waals surface area contributed by atoms with Crippen molar-refractivity contribution in [2.75, 3.05) is 18.9 Å². The standard InChI is InChI=1S/C20H19ClFN5O2/c1-12-8-9-23-16(10-12)24-17(28)11-26(3)20(29)18-13(2)25-27(19(18)21)15-6-4-14(22)5-7-15/h4-10H,11H2,1-3H3,(H,23,24,28). The van der Waals surface area contributed by atoms with Crippen LogP contribution >= 0.6 is 11.6 Å². The summed E-state index contributed by atoms with van der Waals surface area (Å²) >= 11 is 6.38. The Morgan fingerprint density at radius 1 is 1.21 bits per heavy atom. The maximum absolute atomic E-state index is 13.2. The highest BCUT2D eigenvalue weighted by Gasteiger charge is 2.25. The summed E-state index contributed by atoms with van der Waals surface area (Å²) < 4.78 is 14.5. The molecule has 0 aliphatic carbocycles. The molecule has 29 heavy (non-hydrogen) atoms. The van der Waals surface area contributed by atoms with E-state index in [4.69, 9.17) is 11.6 Å². The van der Waals surface area contributed by atoms with E-state index >= 15 is 0 Å². The average Bonchev–Trinajstić information content (AvgIpc) is 2.96. The van der Waals surface area contributed by atoms with E-state index < -0.39 is 11.8 Å². The minimum atomic E-state index is -0.451. The molecule has 0 spiro atoms. The Morgan fingerprint density at radius 3 is 2.55 bits per heavy atom. The lowest BCUT2D eigenvalue weighted by Crippen LogP contribution is -2.35. The maximum atomic E-state index is 13.2. The SMILES string of the molecule is Cc1ccnc(NC(=O)CN(C)C(=O)c2c(C)nn(-c3ccc(F)cc3)c2Cl)c1. The number of aryl methyl sites for hydroxylation is 2. The van der Waals surface area contributed by atoms with Gasteiger partial charge in [-0.15, -0.1) is 0 Å². The van der Waals surface area contributed by atoms with Crippen LogP contribution in [-0.4, -0.2) is 45.1 Å². The summed E-state index contributed by atoms with van der Waals surface area (Å²) in [4.78, 5) is 30.4. The number of aromatic nitrogens is 3. The lowest BCUT2D eigenvalue weighted by atomic mass is 10.2. The third-order valence-electron chi connectivity index (χ3n) is 4.20. The van der Waals surface area contributed by atoms with Crippen LogP contribution < -0.4 is 5.32 Å². The number of halogens is 2. The number of hydrogen-bond acceptors (Lipinski definition) is 4. The van der Waals surface area contributed by atoms with Gasteiger partial charge in [-0.25, -0.2) is 14.1 Å². The Kier molecular flexibility index (Phi) is 5.93. The summed E-state index contributed by atoms with van der Waals surface area (Å²) in [6, 6.07) is 9.12. The molecule has 2 amide bonds. The fourth-order valence-electron chi connectivity index (χ4n) is 2.76. The molecular weight excluding hydrogens is 397 g/mol. The minimum Gasteiger partial charge on any atom is -0.332 e. The lowest BCUT2D eigenvalue weighted by molar-refractivity contribution is -0.116. The zero-order valence-corrected chi connectivity index (χ0v) is 16.9. The molecule has 7 nitrogen and oxygen atoms in total. The Balaban J connectivity index is 1.75. The number of carbonyl (C=O) groups excluding carboxylic acids is 2. The quantitative estimate of drug-likeness (QED) is 0.692. The molecular formula is C20H19ClFN5O2. The lowest BCUT2D eigenvalue weighted by Gasteiger charge is -2.16. The molecule has 0 saturated heterocycles. The molecule has 1 aromatic carbocycles. The van der Waals surface area contributed by atoms with Crippen LogP contribution in [0.4, 0.5) is 10.2 Å². The highest BCUT2D eigenvalue weighted by molar-refractivity contribution is 6.33. The van der Waals surface area contributed by atoms with E-state index in [1.807, 2.05) is 13.0 Å². The molecule has 0 fully saturated rings. The third kappa shape index (κ3) is 4.60. The van der Waals surface area contributed by atoms with Crippen molar-refractivity contribution < 1.29 is 14.0 Å². The first kappa shape index (κ1) is 20.5. The number of nitrogens with one attached hydrogen (secondary N) is 1. The fourth-order valence-corrected chi connectivity index (χ4v) is 3.11. The third-order valence-corrected chi connectivity index (χ3v) is 4.55. The number of rotatable bonds is 5. The van der Waals surface area contributed by atoms with Crippen LogP contribution in [0.25, 0.3) is 5.69 Å². The number of nitrogens with zero attached hydrogens (tertiary/aromatic N) is 4. The van der Waals surface area contributed by atoms with E-state index in [1.54, 1.807) is 19.2 Å². The Bertz CT molecular complexity index is 1070. The van der Waals surface area contributed by atoms with E-state index in [2.05, 4.69) is 15.4 Å². The van der Waals surface area contributed by atoms with Gasteiger partial charge in [-0.1, -0.05) is 11.6 Å². The zero-order chi connectivity index (χ0) is 21.1. The van der Waals surface area contributed by atoms with Gasteiger partial charge in [-0.2, -0.15) is 5.10 Å². The normalized spacial score (nSPS) is 10.7. The second-order valence-corrected chi connectivity index (χ2v) is 6.93. The van der Waals surface area contributed by atoms with Gasteiger partial charge >= 0.3 is 0 Å². The Labute approximate surface area is 172 Å². The number of amides is 2. The van der Waals surface area contributed by atoms with Crippen LogP contribution in [0.2, 0.25) is 5.15 Å². The highest BCUT2D eigenvalue weighted by Crippen LogP contribution is 2.25. The van der Waals surface area contributed by atoms with Gasteiger partial charge in [0.05, 0.1) is 23.5 Å². The van der Waals surface area contributed by atoms with Crippen LogP contribution in [-0.2, 0) is 4.79 Å². The monoisotopic (exact) mass is 415 g/mol. The number of carbonyl (C=O) groups is 2. The molecule has 2 heterocycles. The molecule has 150 valence electrons. The molecule has 1 N–H and O–H groups in total. The second-order valence-electron chi connectivity index (χ2n) is 6.57. The fraction of sp³-hybridized carbons (Fsp3) is 0.200. The number of likely N-dealkylation sites (N-methyl/N-ethyl adjacent to an activating group) is 1. The first-order valence-electron chi connectivity index (χ1n) is 8.75. The first-order chi connectivity index (χ1) is 13.8. The van der Waals surface area contributed by atoms with E-state index in [0.29, 0.717) is 17.2 Å². The number of hydrogen-bond donors (Lipinski definition) is 1. The molecule has 9 heteroatoms. The molecule has 0 bridgehead atoms. The predicted molar refractivity (Wildman–Crippen MR) is 108 cm³/mol. The van der Waals surface area contributed by atoms with Crippen molar-refractivity contribution in [2.45, 2.75) is 13.8 Å². The topological polar surface area (TPSA) is 80.1 Å². The molecule has 3 rings (SSSR count). The van der Waals surface area contributed by atoms with Crippen molar-refractivity contribution in [3.8, 4) is 5.69 Å². The van der Waals surface area contributed by atoms with Crippen molar-refractivity contribution in [2.24, 2.45) is 0 Å². The van der Waals surface area contributed by atoms with Crippen LogP contribution in [0.5, 0.6) is 0 Å². The van der Waals surface area contributed by atoms with Crippen molar-refractivity contribution in [1.82, 2.24) is 19.7 Å². The van der Waals surface area contributed by atoms with Crippen LogP contribution in [0.3, 0.4) is 0 Å². The van der Waals surface area contributed by atoms with E-state index in [1.165, 1.54) is 40.9 Å². The van der Waals surface area contributed by atoms with Crippen LogP contribution in [0.1, 0.15) is 21.6 Å². The molecule has 3 aromatic rings. The van der Waals surface area contributed by atoms with Gasteiger partial charge in [0.2, 0.25) is 5.91 Å². The van der Waals surface area contributed by atoms with Crippen molar-refractivity contribution in [3.05, 3.63) is 70.4 Å². The molecule has 0 atom stereocenters. The zero-order valence-electron chi connectivity index (χ0n) is 16.1. The summed E-state index contributed by atoms with van der Waals surface area (Å²) in [7, 11) is 1.50. The van der Waals surface area contributed by atoms with Gasteiger partial charge in [0.25, 0.3) is 5.91 Å². The van der Waals surface area contributed by atoms with Crippen molar-refractivity contribution >= 4 is 29.2 Å². The van der Waals surface area contributed by atoms with Gasteiger partial charge in [0.15, 0.2) is 0 Å². The van der Waals surface area contributed by atoms with E-state index in [9.17, 15) is 14.0 Å². The van der Waals surface area contributed by atoms with Crippen LogP contribution in [0, 0.1) is 19.7 Å². The van der Waals surface area contributed by atoms with Gasteiger partial charge in [0.1, 0.15) is 16.8 Å². The molecule has 0 radical (unpaired) electrons. The summed E-state index contributed by atoms with van der Waals surface area (Å²) in [5.41, 5.74) is 2.05. The first-order valence-corrected chi connectivity index (χ1v) is 9.13. The summed E-state index contributed by atoms with van der Waals surface area (Å²) in [5.74, 6) is -0.819. The number of pyridine rings is 1. The van der Waals surface area contributed by atoms with E-state index in [-0.39, 0.29) is 23.1 Å². The molecule has 2 aromatic heterocycles. The smallest absolute Gasteiger partial charge is 0.259 e. The van der Waals surface area contributed by atoms with Crippen molar-refractivity contribution in [3.63, 3.8) is 0 Å². The number of anilines is 1. The van der Waals surface area contributed by atoms with Crippen LogP contribution in [0.15, 0.2) is 42.6 Å². The van der Waals surface area contributed by atoms with E-state index in [0.717, 1.165) is 5.56 Å². The molecule has 0 aliphatic heterocycles. The molecule has 0 unspecified atom stereocenters. The van der Waals surface area contributed by atoms with Gasteiger partial charge in [-0.05, 0) is 55.8 Å². The number of benzene rings is 1. The van der Waals surface area contributed by atoms with Gasteiger partial charge in [0, 0.05) is 13.2 Å². The van der Waals surface area contributed by atoms with Gasteiger partial charge < -0.3 is 10.2 Å². The maximum Gasteiger partial charge on any atom is 0.259 e. The predicted octanol–water partition coefficient (Wildman–Crippen LogP) is 3.39. The minimum absolute atomic E-state index is 0.0896. The van der Waals surface area contributed by atoms with Crippen molar-refractivity contribution in [1.29, 1.82) is 0 Å². The Morgan fingerprint density at radius 2 is 1.90 bits per heavy atom. The molecule has 0 saturated carbocycles. The average molecular weight is 416 g/mol. The summed E-state index contributed by atoms with van der Waals surface area (Å²) in [6.45, 7) is 3.34. The summed E-state index contributed by atoms with van der Waals surface area (Å²) in [6.07, 6.45) is 1.59. The highest BCUT2D eigenvalue weighted by atomic mass is 35.5. The largest absolute Gasteiger partial charge is 0.332 e. The summed E-state index contributed by atoms with van der Waals surface area (Å²) in [5, 5.41) is 7.02. The second kappa shape index (κ2) is 8.40. The molecule has 0 aliphatic rings.